The number of hydrogen-bond donors (Lipinski definition) is 1. The smallest absolute Gasteiger partial charge is 0.275 e. The second-order valence-electron chi connectivity index (χ2n) is 7.42. The molecule has 3 aromatic rings. The van der Waals surface area contributed by atoms with Crippen LogP contribution in [0.25, 0.3) is 11.4 Å². The Balaban J connectivity index is 1.52. The molecule has 3 aromatic heterocycles. The lowest BCUT2D eigenvalue weighted by molar-refractivity contribution is 0.0373. The van der Waals surface area contributed by atoms with Crippen LogP contribution in [0.3, 0.4) is 0 Å². The van der Waals surface area contributed by atoms with Gasteiger partial charge in [0, 0.05) is 35.6 Å². The standard InChI is InChI=1S/C18H20N6O2/c1-18(2,3)14-9-12(21-22-14)17(25)24-8-6-13(24)16-20-15(23-26-16)11-5-4-7-19-10-11/h4-5,7,9-10,13H,6,8H2,1-3H3,(H,21,22). The summed E-state index contributed by atoms with van der Waals surface area (Å²) in [6.07, 6.45) is 4.15. The number of aromatic nitrogens is 5. The maximum absolute atomic E-state index is 12.8. The third-order valence-corrected chi connectivity index (χ3v) is 4.53. The van der Waals surface area contributed by atoms with Crippen LogP contribution >= 0.6 is 0 Å². The fourth-order valence-corrected chi connectivity index (χ4v) is 2.83. The molecule has 1 unspecified atom stereocenters. The Bertz CT molecular complexity index is 925. The minimum absolute atomic E-state index is 0.0923. The average molecular weight is 352 g/mol. The van der Waals surface area contributed by atoms with Crippen molar-refractivity contribution in [3.05, 3.63) is 47.9 Å². The number of aromatic amines is 1. The molecule has 1 atom stereocenters. The largest absolute Gasteiger partial charge is 0.337 e. The molecule has 0 aliphatic carbocycles. The molecule has 1 aliphatic heterocycles. The third kappa shape index (κ3) is 2.87. The number of rotatable bonds is 3. The monoisotopic (exact) mass is 352 g/mol. The zero-order valence-corrected chi connectivity index (χ0v) is 14.9. The molecule has 0 radical (unpaired) electrons. The van der Waals surface area contributed by atoms with Gasteiger partial charge in [-0.05, 0) is 24.6 Å². The molecule has 0 saturated carbocycles. The van der Waals surface area contributed by atoms with Crippen molar-refractivity contribution in [1.82, 2.24) is 30.2 Å². The first kappa shape index (κ1) is 16.4. The lowest BCUT2D eigenvalue weighted by Gasteiger charge is -2.37. The van der Waals surface area contributed by atoms with Crippen LogP contribution in [0, 0.1) is 0 Å². The highest BCUT2D eigenvalue weighted by molar-refractivity contribution is 5.93. The molecule has 134 valence electrons. The van der Waals surface area contributed by atoms with E-state index >= 15 is 0 Å². The van der Waals surface area contributed by atoms with Crippen molar-refractivity contribution in [2.24, 2.45) is 0 Å². The van der Waals surface area contributed by atoms with E-state index in [9.17, 15) is 4.79 Å². The first-order valence-electron chi connectivity index (χ1n) is 8.54. The maximum atomic E-state index is 12.8. The molecular formula is C18H20N6O2. The molecule has 0 bridgehead atoms. The van der Waals surface area contributed by atoms with Crippen LogP contribution in [0.15, 0.2) is 35.1 Å². The minimum Gasteiger partial charge on any atom is -0.337 e. The Labute approximate surface area is 150 Å². The third-order valence-electron chi connectivity index (χ3n) is 4.53. The molecule has 1 fully saturated rings. The van der Waals surface area contributed by atoms with Crippen molar-refractivity contribution in [2.45, 2.75) is 38.6 Å². The van der Waals surface area contributed by atoms with Crippen LogP contribution in [-0.4, -0.2) is 42.7 Å². The van der Waals surface area contributed by atoms with Crippen LogP contribution in [0.1, 0.15) is 55.3 Å². The van der Waals surface area contributed by atoms with Crippen LogP contribution in [0.2, 0.25) is 0 Å². The van der Waals surface area contributed by atoms with Crippen molar-refractivity contribution in [3.63, 3.8) is 0 Å². The van der Waals surface area contributed by atoms with Crippen LogP contribution in [-0.2, 0) is 5.41 Å². The highest BCUT2D eigenvalue weighted by atomic mass is 16.5. The van der Waals surface area contributed by atoms with Crippen LogP contribution in [0.4, 0.5) is 0 Å². The van der Waals surface area contributed by atoms with Crippen molar-refractivity contribution in [1.29, 1.82) is 0 Å². The Morgan fingerprint density at radius 1 is 1.38 bits per heavy atom. The Morgan fingerprint density at radius 3 is 2.85 bits per heavy atom. The van der Waals surface area contributed by atoms with Gasteiger partial charge < -0.3 is 9.42 Å². The molecule has 0 aromatic carbocycles. The van der Waals surface area contributed by atoms with Gasteiger partial charge in [0.2, 0.25) is 11.7 Å². The molecule has 0 spiro atoms. The Kier molecular flexibility index (Phi) is 3.82. The number of carbonyl (C=O) groups is 1. The van der Waals surface area contributed by atoms with Crippen molar-refractivity contribution >= 4 is 5.91 Å². The van der Waals surface area contributed by atoms with E-state index < -0.39 is 0 Å². The molecule has 1 saturated heterocycles. The fourth-order valence-electron chi connectivity index (χ4n) is 2.83. The van der Waals surface area contributed by atoms with Gasteiger partial charge in [-0.1, -0.05) is 25.9 Å². The molecular weight excluding hydrogens is 332 g/mol. The normalized spacial score (nSPS) is 17.2. The Hall–Kier alpha value is -3.03. The highest BCUT2D eigenvalue weighted by Crippen LogP contribution is 2.34. The lowest BCUT2D eigenvalue weighted by Crippen LogP contribution is -2.45. The summed E-state index contributed by atoms with van der Waals surface area (Å²) in [5.74, 6) is 0.784. The molecule has 1 amide bonds. The van der Waals surface area contributed by atoms with E-state index in [-0.39, 0.29) is 17.4 Å². The first-order valence-corrected chi connectivity index (χ1v) is 8.54. The summed E-state index contributed by atoms with van der Waals surface area (Å²) >= 11 is 0. The van der Waals surface area contributed by atoms with E-state index in [4.69, 9.17) is 4.52 Å². The number of hydrogen-bond acceptors (Lipinski definition) is 6. The number of carbonyl (C=O) groups excluding carboxylic acids is 1. The van der Waals surface area contributed by atoms with Gasteiger partial charge in [0.1, 0.15) is 11.7 Å². The quantitative estimate of drug-likeness (QED) is 0.778. The second-order valence-corrected chi connectivity index (χ2v) is 7.42. The summed E-state index contributed by atoms with van der Waals surface area (Å²) in [6, 6.07) is 5.28. The van der Waals surface area contributed by atoms with E-state index in [1.807, 2.05) is 18.2 Å². The fraction of sp³-hybridized carbons (Fsp3) is 0.389. The molecule has 1 N–H and O–H groups in total. The second kappa shape index (κ2) is 6.05. The number of likely N-dealkylation sites (tertiary alicyclic amines) is 1. The van der Waals surface area contributed by atoms with Crippen molar-refractivity contribution in [3.8, 4) is 11.4 Å². The summed E-state index contributed by atoms with van der Waals surface area (Å²) in [4.78, 5) is 23.0. The van der Waals surface area contributed by atoms with E-state index in [1.54, 1.807) is 17.3 Å². The summed E-state index contributed by atoms with van der Waals surface area (Å²) < 4.78 is 5.39. The van der Waals surface area contributed by atoms with Gasteiger partial charge in [0.15, 0.2) is 0 Å². The SMILES string of the molecule is CC(C)(C)c1cc(C(=O)N2CCC2c2nc(-c3cccnc3)no2)n[nH]1. The van der Waals surface area contributed by atoms with Gasteiger partial charge in [-0.3, -0.25) is 14.9 Å². The van der Waals surface area contributed by atoms with Crippen molar-refractivity contribution < 1.29 is 9.32 Å². The zero-order chi connectivity index (χ0) is 18.3. The topological polar surface area (TPSA) is 101 Å². The molecule has 8 nitrogen and oxygen atoms in total. The molecule has 26 heavy (non-hydrogen) atoms. The number of pyridine rings is 1. The minimum atomic E-state index is -0.213. The summed E-state index contributed by atoms with van der Waals surface area (Å²) in [6.45, 7) is 6.85. The molecule has 4 heterocycles. The van der Waals surface area contributed by atoms with Gasteiger partial charge in [-0.25, -0.2) is 0 Å². The zero-order valence-electron chi connectivity index (χ0n) is 14.9. The summed E-state index contributed by atoms with van der Waals surface area (Å²) in [7, 11) is 0. The van der Waals surface area contributed by atoms with Crippen LogP contribution < -0.4 is 0 Å². The van der Waals surface area contributed by atoms with Gasteiger partial charge >= 0.3 is 0 Å². The number of H-pyrrole nitrogens is 1. The predicted molar refractivity (Wildman–Crippen MR) is 93.2 cm³/mol. The van der Waals surface area contributed by atoms with E-state index in [0.29, 0.717) is 24.0 Å². The van der Waals surface area contributed by atoms with Gasteiger partial charge in [-0.15, -0.1) is 0 Å². The highest BCUT2D eigenvalue weighted by Gasteiger charge is 2.39. The average Bonchev–Trinajstić information content (AvgIpc) is 3.24. The Morgan fingerprint density at radius 2 is 2.23 bits per heavy atom. The van der Waals surface area contributed by atoms with Gasteiger partial charge in [-0.2, -0.15) is 10.1 Å². The predicted octanol–water partition coefficient (Wildman–Crippen LogP) is 2.74. The lowest BCUT2D eigenvalue weighted by atomic mass is 9.92. The molecule has 4 rings (SSSR count). The van der Waals surface area contributed by atoms with E-state index in [1.165, 1.54) is 0 Å². The van der Waals surface area contributed by atoms with Crippen LogP contribution in [0.5, 0.6) is 0 Å². The molecule has 8 heteroatoms. The molecule has 1 aliphatic rings. The van der Waals surface area contributed by atoms with E-state index in [0.717, 1.165) is 17.7 Å². The van der Waals surface area contributed by atoms with Crippen molar-refractivity contribution in [2.75, 3.05) is 6.54 Å². The maximum Gasteiger partial charge on any atom is 0.275 e. The summed E-state index contributed by atoms with van der Waals surface area (Å²) in [5.41, 5.74) is 2.02. The summed E-state index contributed by atoms with van der Waals surface area (Å²) in [5, 5.41) is 11.1. The number of amides is 1. The number of nitrogens with one attached hydrogen (secondary N) is 1. The number of nitrogens with zero attached hydrogens (tertiary/aromatic N) is 5. The van der Waals surface area contributed by atoms with Gasteiger partial charge in [0.25, 0.3) is 5.91 Å². The van der Waals surface area contributed by atoms with Gasteiger partial charge in [0.05, 0.1) is 0 Å². The first-order chi connectivity index (χ1) is 12.4. The van der Waals surface area contributed by atoms with E-state index in [2.05, 4.69) is 46.1 Å².